The van der Waals surface area contributed by atoms with Gasteiger partial charge < -0.3 is 19.5 Å². The van der Waals surface area contributed by atoms with Gasteiger partial charge in [0.1, 0.15) is 12.4 Å². The first-order valence-corrected chi connectivity index (χ1v) is 10.7. The van der Waals surface area contributed by atoms with E-state index in [9.17, 15) is 0 Å². The van der Waals surface area contributed by atoms with E-state index in [4.69, 9.17) is 9.73 Å². The van der Waals surface area contributed by atoms with Crippen LogP contribution >= 0.6 is 24.0 Å². The molecule has 0 amide bonds. The molecular weight excluding hydrogens is 491 g/mol. The highest BCUT2D eigenvalue weighted by atomic mass is 127. The Labute approximate surface area is 196 Å². The molecule has 0 spiro atoms. The highest BCUT2D eigenvalue weighted by Crippen LogP contribution is 2.17. The summed E-state index contributed by atoms with van der Waals surface area (Å²) >= 11 is 0. The van der Waals surface area contributed by atoms with Gasteiger partial charge in [0.25, 0.3) is 0 Å². The van der Waals surface area contributed by atoms with Crippen molar-refractivity contribution >= 4 is 29.9 Å². The molecule has 0 aliphatic carbocycles. The van der Waals surface area contributed by atoms with Crippen molar-refractivity contribution in [1.82, 2.24) is 24.7 Å². The number of guanidine groups is 1. The van der Waals surface area contributed by atoms with E-state index in [1.165, 1.54) is 12.0 Å². The van der Waals surface area contributed by atoms with E-state index in [0.717, 1.165) is 64.3 Å². The molecule has 1 N–H and O–H groups in total. The number of hydrogen-bond donors (Lipinski definition) is 1. The average molecular weight is 524 g/mol. The highest BCUT2D eigenvalue weighted by Gasteiger charge is 2.30. The largest absolute Gasteiger partial charge is 0.379 e. The number of aliphatic imine (C=N–C) groups is 1. The van der Waals surface area contributed by atoms with Crippen LogP contribution in [0.3, 0.4) is 0 Å². The third-order valence-electron chi connectivity index (χ3n) is 5.73. The van der Waals surface area contributed by atoms with Crippen molar-refractivity contribution in [3.63, 3.8) is 0 Å². The predicted octanol–water partition coefficient (Wildman–Crippen LogP) is 2.42. The second kappa shape index (κ2) is 11.7. The van der Waals surface area contributed by atoms with Crippen LogP contribution < -0.4 is 5.32 Å². The van der Waals surface area contributed by atoms with Crippen molar-refractivity contribution < 1.29 is 4.74 Å². The first-order valence-electron chi connectivity index (χ1n) is 10.7. The fourth-order valence-electron chi connectivity index (χ4n) is 4.16. The Kier molecular flexibility index (Phi) is 8.95. The van der Waals surface area contributed by atoms with Crippen molar-refractivity contribution in [2.75, 3.05) is 45.9 Å². The number of ether oxygens (including phenoxy) is 1. The molecule has 0 radical (unpaired) electrons. The zero-order valence-corrected chi connectivity index (χ0v) is 20.1. The van der Waals surface area contributed by atoms with Crippen LogP contribution in [0.25, 0.3) is 0 Å². The zero-order valence-electron chi connectivity index (χ0n) is 17.7. The third-order valence-corrected chi connectivity index (χ3v) is 5.73. The van der Waals surface area contributed by atoms with E-state index in [1.54, 1.807) is 0 Å². The quantitative estimate of drug-likeness (QED) is 0.358. The first kappa shape index (κ1) is 23.0. The van der Waals surface area contributed by atoms with E-state index in [0.29, 0.717) is 12.6 Å². The lowest BCUT2D eigenvalue weighted by Gasteiger charge is -2.32. The molecule has 0 saturated carbocycles. The summed E-state index contributed by atoms with van der Waals surface area (Å²) < 4.78 is 7.69. The Hall–Kier alpha value is -1.65. The zero-order chi connectivity index (χ0) is 19.9. The fourth-order valence-corrected chi connectivity index (χ4v) is 4.16. The molecule has 7 nitrogen and oxygen atoms in total. The molecule has 4 rings (SSSR count). The Balaban J connectivity index is 0.00000256. The summed E-state index contributed by atoms with van der Waals surface area (Å²) in [5.41, 5.74) is 1.27. The minimum atomic E-state index is 0. The number of aromatic nitrogens is 2. The van der Waals surface area contributed by atoms with Gasteiger partial charge in [0.15, 0.2) is 5.96 Å². The molecule has 2 saturated heterocycles. The van der Waals surface area contributed by atoms with Gasteiger partial charge in [-0.2, -0.15) is 0 Å². The van der Waals surface area contributed by atoms with Gasteiger partial charge in [0.2, 0.25) is 0 Å². The number of likely N-dealkylation sites (tertiary alicyclic amines) is 1. The van der Waals surface area contributed by atoms with E-state index in [2.05, 4.69) is 55.9 Å². The third kappa shape index (κ3) is 5.95. The van der Waals surface area contributed by atoms with Crippen molar-refractivity contribution in [1.29, 1.82) is 0 Å². The van der Waals surface area contributed by atoms with Crippen LogP contribution in [0.2, 0.25) is 0 Å². The summed E-state index contributed by atoms with van der Waals surface area (Å²) in [6, 6.07) is 11.1. The fraction of sp³-hybridized carbons (Fsp3) is 0.545. The summed E-state index contributed by atoms with van der Waals surface area (Å²) in [6.07, 6.45) is 5.09. The molecule has 2 aliphatic heterocycles. The number of nitrogens with one attached hydrogen (secondary N) is 1. The van der Waals surface area contributed by atoms with Crippen LogP contribution in [0.5, 0.6) is 0 Å². The maximum atomic E-state index is 5.51. The van der Waals surface area contributed by atoms with Crippen LogP contribution in [-0.4, -0.2) is 77.3 Å². The smallest absolute Gasteiger partial charge is 0.194 e. The molecule has 1 unspecified atom stereocenters. The molecule has 8 heteroatoms. The molecule has 164 valence electrons. The van der Waals surface area contributed by atoms with Crippen LogP contribution in [0.1, 0.15) is 24.7 Å². The van der Waals surface area contributed by atoms with Crippen LogP contribution in [-0.2, 0) is 17.8 Å². The minimum absolute atomic E-state index is 0. The van der Waals surface area contributed by atoms with Gasteiger partial charge in [0.05, 0.1) is 13.2 Å². The molecule has 1 atom stereocenters. The van der Waals surface area contributed by atoms with E-state index in [-0.39, 0.29) is 24.0 Å². The number of hydrogen-bond acceptors (Lipinski definition) is 4. The molecule has 1 aromatic carbocycles. The average Bonchev–Trinajstić information content (AvgIpc) is 3.42. The summed E-state index contributed by atoms with van der Waals surface area (Å²) in [4.78, 5) is 14.4. The second-order valence-electron chi connectivity index (χ2n) is 7.66. The number of rotatable bonds is 6. The molecule has 2 fully saturated rings. The Morgan fingerprint density at radius 2 is 2.00 bits per heavy atom. The lowest BCUT2D eigenvalue weighted by molar-refractivity contribution is 0.0195. The molecule has 2 aromatic rings. The summed E-state index contributed by atoms with van der Waals surface area (Å²) in [5, 5.41) is 3.48. The van der Waals surface area contributed by atoms with Gasteiger partial charge in [-0.1, -0.05) is 30.3 Å². The second-order valence-corrected chi connectivity index (χ2v) is 7.66. The van der Waals surface area contributed by atoms with Crippen LogP contribution in [0, 0.1) is 0 Å². The van der Waals surface area contributed by atoms with Gasteiger partial charge in [-0.15, -0.1) is 24.0 Å². The summed E-state index contributed by atoms with van der Waals surface area (Å²) in [7, 11) is 0. The van der Waals surface area contributed by atoms with Crippen molar-refractivity contribution in [3.05, 3.63) is 54.1 Å². The van der Waals surface area contributed by atoms with Gasteiger partial charge in [-0.25, -0.2) is 9.98 Å². The van der Waals surface area contributed by atoms with E-state index in [1.807, 2.05) is 18.5 Å². The maximum Gasteiger partial charge on any atom is 0.194 e. The molecule has 30 heavy (non-hydrogen) atoms. The number of nitrogens with zero attached hydrogens (tertiary/aromatic N) is 5. The van der Waals surface area contributed by atoms with Gasteiger partial charge in [-0.05, 0) is 18.9 Å². The van der Waals surface area contributed by atoms with Crippen molar-refractivity contribution in [3.8, 4) is 0 Å². The topological polar surface area (TPSA) is 57.9 Å². The Bertz CT molecular complexity index is 790. The minimum Gasteiger partial charge on any atom is -0.379 e. The first-order chi connectivity index (χ1) is 14.3. The Morgan fingerprint density at radius 3 is 2.77 bits per heavy atom. The van der Waals surface area contributed by atoms with Crippen LogP contribution in [0.4, 0.5) is 0 Å². The lowest BCUT2D eigenvalue weighted by Crippen LogP contribution is -2.46. The van der Waals surface area contributed by atoms with Crippen molar-refractivity contribution in [2.24, 2.45) is 4.99 Å². The van der Waals surface area contributed by atoms with E-state index < -0.39 is 0 Å². The van der Waals surface area contributed by atoms with Gasteiger partial charge >= 0.3 is 0 Å². The molecule has 3 heterocycles. The number of benzene rings is 1. The highest BCUT2D eigenvalue weighted by molar-refractivity contribution is 14.0. The molecule has 0 bridgehead atoms. The van der Waals surface area contributed by atoms with Gasteiger partial charge in [-0.3, -0.25) is 4.90 Å². The Morgan fingerprint density at radius 1 is 1.20 bits per heavy atom. The molecule has 2 aliphatic rings. The molecule has 1 aromatic heterocycles. The number of imidazole rings is 1. The SMILES string of the molecule is CCNC(=NCc1nccn1Cc1ccccc1)N1CCC(N2CCOCC2)C1.I. The van der Waals surface area contributed by atoms with Crippen molar-refractivity contribution in [2.45, 2.75) is 32.5 Å². The van der Waals surface area contributed by atoms with E-state index >= 15 is 0 Å². The standard InChI is InChI=1S/C22H32N6O.HI/c1-2-23-22(28-10-8-20(18-28)26-12-14-29-15-13-26)25-16-21-24-9-11-27(21)17-19-6-4-3-5-7-19;/h3-7,9,11,20H,2,8,10,12-18H2,1H3,(H,23,25);1H. The lowest BCUT2D eigenvalue weighted by atomic mass is 10.2. The molecular formula is C22H33IN6O. The van der Waals surface area contributed by atoms with Gasteiger partial charge in [0, 0.05) is 57.7 Å². The summed E-state index contributed by atoms with van der Waals surface area (Å²) in [5.74, 6) is 1.99. The number of morpholine rings is 1. The maximum absolute atomic E-state index is 5.51. The van der Waals surface area contributed by atoms with Crippen LogP contribution in [0.15, 0.2) is 47.7 Å². The summed E-state index contributed by atoms with van der Waals surface area (Å²) in [6.45, 7) is 10.3. The predicted molar refractivity (Wildman–Crippen MR) is 130 cm³/mol. The number of halogens is 1. The normalized spacial score (nSPS) is 20.2. The monoisotopic (exact) mass is 524 g/mol.